The van der Waals surface area contributed by atoms with Crippen molar-refractivity contribution in [3.63, 3.8) is 0 Å². The van der Waals surface area contributed by atoms with E-state index in [1.54, 1.807) is 6.20 Å². The molecule has 0 saturated carbocycles. The Morgan fingerprint density at radius 2 is 1.86 bits per heavy atom. The van der Waals surface area contributed by atoms with Gasteiger partial charge in [0.25, 0.3) is 0 Å². The zero-order chi connectivity index (χ0) is 10.1. The van der Waals surface area contributed by atoms with Crippen LogP contribution in [0.15, 0.2) is 35.1 Å². The third kappa shape index (κ3) is 1.60. The van der Waals surface area contributed by atoms with Crippen molar-refractivity contribution in [2.45, 2.75) is 13.8 Å². The third-order valence-corrected chi connectivity index (χ3v) is 2.63. The van der Waals surface area contributed by atoms with Crippen molar-refractivity contribution in [1.82, 2.24) is 9.78 Å². The maximum absolute atomic E-state index is 4.28. The van der Waals surface area contributed by atoms with E-state index in [1.165, 1.54) is 16.8 Å². The van der Waals surface area contributed by atoms with Crippen LogP contribution >= 0.6 is 15.9 Å². The van der Waals surface area contributed by atoms with E-state index in [9.17, 15) is 0 Å². The van der Waals surface area contributed by atoms with Gasteiger partial charge in [-0.2, -0.15) is 5.10 Å². The molecule has 2 rings (SSSR count). The zero-order valence-corrected chi connectivity index (χ0v) is 9.75. The zero-order valence-electron chi connectivity index (χ0n) is 8.16. The predicted molar refractivity (Wildman–Crippen MR) is 60.7 cm³/mol. The molecule has 0 spiro atoms. The average molecular weight is 251 g/mol. The van der Waals surface area contributed by atoms with Crippen molar-refractivity contribution in [3.05, 3.63) is 46.2 Å². The van der Waals surface area contributed by atoms with Gasteiger partial charge in [-0.3, -0.25) is 0 Å². The number of aryl methyl sites for hydroxylation is 2. The van der Waals surface area contributed by atoms with Crippen LogP contribution in [0.1, 0.15) is 11.1 Å². The maximum Gasteiger partial charge on any atom is 0.0704 e. The Hall–Kier alpha value is -1.09. The van der Waals surface area contributed by atoms with E-state index in [0.717, 1.165) is 4.47 Å². The smallest absolute Gasteiger partial charge is 0.0704 e. The van der Waals surface area contributed by atoms with E-state index in [-0.39, 0.29) is 0 Å². The summed E-state index contributed by atoms with van der Waals surface area (Å²) in [7, 11) is 0. The van der Waals surface area contributed by atoms with Crippen LogP contribution in [0.3, 0.4) is 0 Å². The average Bonchev–Trinajstić information content (AvgIpc) is 2.51. The number of nitrogens with zero attached hydrogens (tertiary/aromatic N) is 2. The summed E-state index contributed by atoms with van der Waals surface area (Å²) in [5, 5.41) is 4.28. The van der Waals surface area contributed by atoms with E-state index in [1.807, 2.05) is 10.9 Å². The summed E-state index contributed by atoms with van der Waals surface area (Å²) in [6.07, 6.45) is 3.77. The minimum atomic E-state index is 1.00. The summed E-state index contributed by atoms with van der Waals surface area (Å²) in [4.78, 5) is 0. The lowest BCUT2D eigenvalue weighted by molar-refractivity contribution is 0.864. The van der Waals surface area contributed by atoms with Gasteiger partial charge in [0.15, 0.2) is 0 Å². The highest BCUT2D eigenvalue weighted by atomic mass is 79.9. The van der Waals surface area contributed by atoms with Gasteiger partial charge in [0, 0.05) is 6.20 Å². The molecule has 0 amide bonds. The molecule has 0 bridgehead atoms. The first-order chi connectivity index (χ1) is 6.68. The van der Waals surface area contributed by atoms with Gasteiger partial charge in [-0.1, -0.05) is 18.2 Å². The van der Waals surface area contributed by atoms with Gasteiger partial charge < -0.3 is 0 Å². The van der Waals surface area contributed by atoms with Gasteiger partial charge in [0.1, 0.15) is 0 Å². The van der Waals surface area contributed by atoms with Crippen molar-refractivity contribution in [1.29, 1.82) is 0 Å². The molecule has 1 aromatic heterocycles. The lowest BCUT2D eigenvalue weighted by Crippen LogP contribution is -1.99. The lowest BCUT2D eigenvalue weighted by Gasteiger charge is -2.08. The fourth-order valence-corrected chi connectivity index (χ4v) is 1.88. The summed E-state index contributed by atoms with van der Waals surface area (Å²) in [6, 6.07) is 6.25. The summed E-state index contributed by atoms with van der Waals surface area (Å²) in [6.45, 7) is 4.19. The van der Waals surface area contributed by atoms with Crippen LogP contribution in [-0.2, 0) is 0 Å². The molecule has 2 aromatic rings. The second-order valence-electron chi connectivity index (χ2n) is 3.34. The minimum absolute atomic E-state index is 1.00. The van der Waals surface area contributed by atoms with Gasteiger partial charge in [-0.15, -0.1) is 0 Å². The third-order valence-electron chi connectivity index (χ3n) is 2.22. The van der Waals surface area contributed by atoms with E-state index in [4.69, 9.17) is 0 Å². The highest BCUT2D eigenvalue weighted by Crippen LogP contribution is 2.19. The molecule has 0 fully saturated rings. The fourth-order valence-electron chi connectivity index (χ4n) is 1.59. The molecule has 0 aliphatic rings. The monoisotopic (exact) mass is 250 g/mol. The fraction of sp³-hybridized carbons (Fsp3) is 0.182. The summed E-state index contributed by atoms with van der Waals surface area (Å²) < 4.78 is 2.90. The second-order valence-corrected chi connectivity index (χ2v) is 4.26. The predicted octanol–water partition coefficient (Wildman–Crippen LogP) is 3.25. The topological polar surface area (TPSA) is 17.8 Å². The van der Waals surface area contributed by atoms with Crippen LogP contribution in [0.25, 0.3) is 5.69 Å². The van der Waals surface area contributed by atoms with E-state index < -0.39 is 0 Å². The first-order valence-electron chi connectivity index (χ1n) is 4.45. The van der Waals surface area contributed by atoms with Gasteiger partial charge in [-0.25, -0.2) is 4.68 Å². The summed E-state index contributed by atoms with van der Waals surface area (Å²) in [5.41, 5.74) is 3.64. The number of benzene rings is 1. The van der Waals surface area contributed by atoms with Gasteiger partial charge in [0.2, 0.25) is 0 Å². The van der Waals surface area contributed by atoms with E-state index in [2.05, 4.69) is 53.1 Å². The SMILES string of the molecule is Cc1cccc(C)c1-n1cc(Br)cn1. The first kappa shape index (κ1) is 9.46. The Bertz CT molecular complexity index is 440. The molecule has 0 aliphatic heterocycles. The highest BCUT2D eigenvalue weighted by Gasteiger charge is 2.05. The van der Waals surface area contributed by atoms with Crippen LogP contribution in [0.5, 0.6) is 0 Å². The Balaban J connectivity index is 2.61. The van der Waals surface area contributed by atoms with E-state index in [0.29, 0.717) is 0 Å². The van der Waals surface area contributed by atoms with Crippen molar-refractivity contribution < 1.29 is 0 Å². The number of aromatic nitrogens is 2. The van der Waals surface area contributed by atoms with Crippen molar-refractivity contribution in [2.75, 3.05) is 0 Å². The first-order valence-corrected chi connectivity index (χ1v) is 5.24. The molecule has 72 valence electrons. The van der Waals surface area contributed by atoms with Gasteiger partial charge >= 0.3 is 0 Å². The molecule has 0 atom stereocenters. The Morgan fingerprint density at radius 3 is 2.36 bits per heavy atom. The molecule has 0 aliphatic carbocycles. The van der Waals surface area contributed by atoms with Gasteiger partial charge in [-0.05, 0) is 40.9 Å². The van der Waals surface area contributed by atoms with Crippen LogP contribution < -0.4 is 0 Å². The molecular weight excluding hydrogens is 240 g/mol. The molecule has 1 aromatic carbocycles. The number of hydrogen-bond donors (Lipinski definition) is 0. The maximum atomic E-state index is 4.28. The molecule has 3 heteroatoms. The standard InChI is InChI=1S/C11H11BrN2/c1-8-4-3-5-9(2)11(8)14-7-10(12)6-13-14/h3-7H,1-2H3. The molecule has 1 heterocycles. The number of hydrogen-bond acceptors (Lipinski definition) is 1. The van der Waals surface area contributed by atoms with Crippen molar-refractivity contribution in [2.24, 2.45) is 0 Å². The van der Waals surface area contributed by atoms with Crippen LogP contribution in [0.2, 0.25) is 0 Å². The van der Waals surface area contributed by atoms with Crippen LogP contribution in [0.4, 0.5) is 0 Å². The molecule has 0 unspecified atom stereocenters. The molecule has 0 N–H and O–H groups in total. The Morgan fingerprint density at radius 1 is 1.21 bits per heavy atom. The van der Waals surface area contributed by atoms with Crippen LogP contribution in [0, 0.1) is 13.8 Å². The molecule has 0 radical (unpaired) electrons. The van der Waals surface area contributed by atoms with Crippen molar-refractivity contribution >= 4 is 15.9 Å². The largest absolute Gasteiger partial charge is 0.239 e. The summed E-state index contributed by atoms with van der Waals surface area (Å²) in [5.74, 6) is 0. The molecule has 2 nitrogen and oxygen atoms in total. The molecule has 0 saturated heterocycles. The minimum Gasteiger partial charge on any atom is -0.239 e. The Labute approximate surface area is 91.7 Å². The highest BCUT2D eigenvalue weighted by molar-refractivity contribution is 9.10. The molecular formula is C11H11BrN2. The van der Waals surface area contributed by atoms with Crippen LogP contribution in [-0.4, -0.2) is 9.78 Å². The molecule has 14 heavy (non-hydrogen) atoms. The number of rotatable bonds is 1. The van der Waals surface area contributed by atoms with Crippen molar-refractivity contribution in [3.8, 4) is 5.69 Å². The summed E-state index contributed by atoms with van der Waals surface area (Å²) >= 11 is 3.40. The Kier molecular flexibility index (Phi) is 2.42. The second kappa shape index (κ2) is 3.58. The normalized spacial score (nSPS) is 10.5. The number of para-hydroxylation sites is 1. The van der Waals surface area contributed by atoms with Gasteiger partial charge in [0.05, 0.1) is 16.4 Å². The lowest BCUT2D eigenvalue weighted by atomic mass is 10.1. The quantitative estimate of drug-likeness (QED) is 0.760. The number of halogens is 1. The van der Waals surface area contributed by atoms with E-state index >= 15 is 0 Å².